The average Bonchev–Trinajstić information content (AvgIpc) is 2.74. The fraction of sp³-hybridized carbons (Fsp3) is 0.923. The molecule has 2 amide bonds. The fourth-order valence-electron chi connectivity index (χ4n) is 2.26. The molecule has 0 spiro atoms. The largest absolute Gasteiger partial charge is 0.348 e. The second-order valence-corrected chi connectivity index (χ2v) is 5.00. The van der Waals surface area contributed by atoms with Crippen LogP contribution >= 0.6 is 0 Å². The van der Waals surface area contributed by atoms with Crippen LogP contribution in [0.25, 0.3) is 0 Å². The zero-order valence-electron chi connectivity index (χ0n) is 12.0. The van der Waals surface area contributed by atoms with Gasteiger partial charge in [0.25, 0.3) is 0 Å². The molecule has 5 nitrogen and oxygen atoms in total. The van der Waals surface area contributed by atoms with E-state index in [1.165, 1.54) is 0 Å². The molecule has 1 N–H and O–H groups in total. The molecule has 18 heavy (non-hydrogen) atoms. The fourth-order valence-corrected chi connectivity index (χ4v) is 2.26. The summed E-state index contributed by atoms with van der Waals surface area (Å²) in [6.07, 6.45) is 0.797. The Morgan fingerprint density at radius 3 is 2.39 bits per heavy atom. The lowest BCUT2D eigenvalue weighted by Gasteiger charge is -2.27. The van der Waals surface area contributed by atoms with E-state index in [0.29, 0.717) is 25.7 Å². The molecular formula is C13H26N2O3. The van der Waals surface area contributed by atoms with E-state index in [0.717, 1.165) is 19.5 Å². The molecule has 1 aliphatic heterocycles. The van der Waals surface area contributed by atoms with Crippen molar-refractivity contribution in [2.24, 2.45) is 5.92 Å². The Bertz CT molecular complexity index is 261. The van der Waals surface area contributed by atoms with Gasteiger partial charge in [-0.25, -0.2) is 4.79 Å². The third-order valence-corrected chi connectivity index (χ3v) is 3.27. The van der Waals surface area contributed by atoms with Crippen LogP contribution in [0.2, 0.25) is 0 Å². The first-order valence-electron chi connectivity index (χ1n) is 6.81. The number of carbonyl (C=O) groups excluding carboxylic acids is 1. The highest BCUT2D eigenvalue weighted by molar-refractivity contribution is 5.74. The van der Waals surface area contributed by atoms with Crippen molar-refractivity contribution in [3.8, 4) is 0 Å². The van der Waals surface area contributed by atoms with Gasteiger partial charge in [0.15, 0.2) is 5.79 Å². The minimum absolute atomic E-state index is 0.00487. The van der Waals surface area contributed by atoms with Crippen LogP contribution in [0.3, 0.4) is 0 Å². The maximum absolute atomic E-state index is 11.8. The lowest BCUT2D eigenvalue weighted by Crippen LogP contribution is -2.42. The minimum atomic E-state index is -0.473. The highest BCUT2D eigenvalue weighted by Crippen LogP contribution is 2.26. The SMILES string of the molecule is CCN(CC)C(=O)NC[C@H](C)CC1(C)OCCO1. The molecule has 0 aromatic rings. The maximum Gasteiger partial charge on any atom is 0.317 e. The van der Waals surface area contributed by atoms with Crippen LogP contribution < -0.4 is 5.32 Å². The van der Waals surface area contributed by atoms with Crippen molar-refractivity contribution < 1.29 is 14.3 Å². The van der Waals surface area contributed by atoms with Gasteiger partial charge in [-0.15, -0.1) is 0 Å². The molecule has 1 aliphatic rings. The van der Waals surface area contributed by atoms with Crippen molar-refractivity contribution in [1.82, 2.24) is 10.2 Å². The molecule has 1 fully saturated rings. The lowest BCUT2D eigenvalue weighted by molar-refractivity contribution is -0.153. The Balaban J connectivity index is 2.28. The summed E-state index contributed by atoms with van der Waals surface area (Å²) in [5.41, 5.74) is 0. The summed E-state index contributed by atoms with van der Waals surface area (Å²) in [5.74, 6) is -0.146. The summed E-state index contributed by atoms with van der Waals surface area (Å²) in [6.45, 7) is 11.5. The third kappa shape index (κ3) is 4.46. The van der Waals surface area contributed by atoms with Crippen LogP contribution in [-0.2, 0) is 9.47 Å². The van der Waals surface area contributed by atoms with Crippen LogP contribution in [0.5, 0.6) is 0 Å². The van der Waals surface area contributed by atoms with Gasteiger partial charge < -0.3 is 19.7 Å². The summed E-state index contributed by atoms with van der Waals surface area (Å²) >= 11 is 0. The maximum atomic E-state index is 11.8. The molecule has 1 saturated heterocycles. The van der Waals surface area contributed by atoms with Crippen molar-refractivity contribution in [2.75, 3.05) is 32.8 Å². The molecule has 0 aromatic heterocycles. The third-order valence-electron chi connectivity index (χ3n) is 3.27. The summed E-state index contributed by atoms with van der Waals surface area (Å²) in [6, 6.07) is 0.00487. The van der Waals surface area contributed by atoms with Crippen molar-refractivity contribution in [1.29, 1.82) is 0 Å². The van der Waals surface area contributed by atoms with Crippen molar-refractivity contribution in [3.63, 3.8) is 0 Å². The molecule has 1 atom stereocenters. The first-order chi connectivity index (χ1) is 8.50. The van der Waals surface area contributed by atoms with Gasteiger partial charge in [-0.05, 0) is 26.7 Å². The van der Waals surface area contributed by atoms with E-state index in [4.69, 9.17) is 9.47 Å². The Kier molecular flexibility index (Phi) is 5.88. The van der Waals surface area contributed by atoms with Gasteiger partial charge in [-0.1, -0.05) is 6.92 Å². The van der Waals surface area contributed by atoms with Crippen molar-refractivity contribution >= 4 is 6.03 Å². The van der Waals surface area contributed by atoms with E-state index >= 15 is 0 Å². The minimum Gasteiger partial charge on any atom is -0.348 e. The van der Waals surface area contributed by atoms with Crippen LogP contribution in [0.1, 0.15) is 34.1 Å². The van der Waals surface area contributed by atoms with Gasteiger partial charge in [-0.3, -0.25) is 0 Å². The topological polar surface area (TPSA) is 50.8 Å². The van der Waals surface area contributed by atoms with Gasteiger partial charge >= 0.3 is 6.03 Å². The highest BCUT2D eigenvalue weighted by atomic mass is 16.7. The van der Waals surface area contributed by atoms with Crippen LogP contribution in [-0.4, -0.2) is 49.6 Å². The number of amides is 2. The predicted molar refractivity (Wildman–Crippen MR) is 70.4 cm³/mol. The molecule has 0 radical (unpaired) electrons. The van der Waals surface area contributed by atoms with E-state index < -0.39 is 5.79 Å². The Hall–Kier alpha value is -0.810. The monoisotopic (exact) mass is 258 g/mol. The summed E-state index contributed by atoms with van der Waals surface area (Å²) in [4.78, 5) is 13.6. The van der Waals surface area contributed by atoms with Crippen LogP contribution in [0, 0.1) is 5.92 Å². The first-order valence-corrected chi connectivity index (χ1v) is 6.81. The van der Waals surface area contributed by atoms with Crippen LogP contribution in [0.4, 0.5) is 4.79 Å². The number of urea groups is 1. The quantitative estimate of drug-likeness (QED) is 0.790. The first kappa shape index (κ1) is 15.2. The molecule has 0 bridgehead atoms. The summed E-state index contributed by atoms with van der Waals surface area (Å²) in [7, 11) is 0. The molecule has 106 valence electrons. The molecule has 0 unspecified atom stereocenters. The van der Waals surface area contributed by atoms with E-state index in [2.05, 4.69) is 12.2 Å². The summed E-state index contributed by atoms with van der Waals surface area (Å²) < 4.78 is 11.1. The number of nitrogens with one attached hydrogen (secondary N) is 1. The summed E-state index contributed by atoms with van der Waals surface area (Å²) in [5, 5.41) is 2.95. The van der Waals surface area contributed by atoms with Gasteiger partial charge in [0.2, 0.25) is 0 Å². The van der Waals surface area contributed by atoms with E-state index in [-0.39, 0.29) is 6.03 Å². The number of nitrogens with zero attached hydrogens (tertiary/aromatic N) is 1. The standard InChI is InChI=1S/C13H26N2O3/c1-5-15(6-2)12(16)14-10-11(3)9-13(4)17-7-8-18-13/h11H,5-10H2,1-4H3,(H,14,16)/t11-/m1/s1. The van der Waals surface area contributed by atoms with E-state index in [1.807, 2.05) is 20.8 Å². The van der Waals surface area contributed by atoms with Gasteiger partial charge in [-0.2, -0.15) is 0 Å². The predicted octanol–water partition coefficient (Wildman–Crippen LogP) is 1.83. The van der Waals surface area contributed by atoms with Gasteiger partial charge in [0, 0.05) is 26.1 Å². The van der Waals surface area contributed by atoms with Crippen molar-refractivity contribution in [3.05, 3.63) is 0 Å². The number of hydrogen-bond donors (Lipinski definition) is 1. The van der Waals surface area contributed by atoms with Crippen LogP contribution in [0.15, 0.2) is 0 Å². The molecule has 1 rings (SSSR count). The van der Waals surface area contributed by atoms with E-state index in [1.54, 1.807) is 4.90 Å². The van der Waals surface area contributed by atoms with Gasteiger partial charge in [0.05, 0.1) is 13.2 Å². The Labute approximate surface area is 110 Å². The molecule has 1 heterocycles. The molecule has 0 aliphatic carbocycles. The zero-order chi connectivity index (χ0) is 13.6. The normalized spacial score (nSPS) is 19.6. The Morgan fingerprint density at radius 1 is 1.33 bits per heavy atom. The zero-order valence-corrected chi connectivity index (χ0v) is 12.0. The lowest BCUT2D eigenvalue weighted by atomic mass is 10.0. The number of ether oxygens (including phenoxy) is 2. The average molecular weight is 258 g/mol. The van der Waals surface area contributed by atoms with Crippen molar-refractivity contribution in [2.45, 2.75) is 39.9 Å². The second-order valence-electron chi connectivity index (χ2n) is 5.00. The second kappa shape index (κ2) is 6.95. The molecular weight excluding hydrogens is 232 g/mol. The number of rotatable bonds is 6. The molecule has 0 saturated carbocycles. The smallest absolute Gasteiger partial charge is 0.317 e. The van der Waals surface area contributed by atoms with Gasteiger partial charge in [0.1, 0.15) is 0 Å². The van der Waals surface area contributed by atoms with E-state index in [9.17, 15) is 4.79 Å². The molecule has 5 heteroatoms. The number of hydrogen-bond acceptors (Lipinski definition) is 3. The molecule has 0 aromatic carbocycles. The number of carbonyl (C=O) groups is 1. The Morgan fingerprint density at radius 2 is 1.89 bits per heavy atom. The highest BCUT2D eigenvalue weighted by Gasteiger charge is 2.32.